The Balaban J connectivity index is 0.000000500. The fourth-order valence-electron chi connectivity index (χ4n) is 0.687. The Morgan fingerprint density at radius 2 is 1.86 bits per heavy atom. The molecule has 1 amide bonds. The summed E-state index contributed by atoms with van der Waals surface area (Å²) in [5, 5.41) is 2.22. The van der Waals surface area contributed by atoms with Crippen molar-refractivity contribution in [1.82, 2.24) is 0 Å². The summed E-state index contributed by atoms with van der Waals surface area (Å²) in [6, 6.07) is 8.73. The van der Waals surface area contributed by atoms with Gasteiger partial charge in [-0.05, 0) is 24.4 Å². The van der Waals surface area contributed by atoms with Crippen LogP contribution in [0.2, 0.25) is 0 Å². The number of nitrogens with zero attached hydrogens (tertiary/aromatic N) is 1. The molecule has 0 fully saturated rings. The molecular weight excluding hydrogens is 241 g/mol. The lowest BCUT2D eigenvalue weighted by Crippen LogP contribution is -1.91. The Bertz CT molecular complexity index is 323. The Kier molecular flexibility index (Phi) is 8.39. The van der Waals surface area contributed by atoms with Crippen LogP contribution >= 0.6 is 35.4 Å². The molecule has 0 atom stereocenters. The summed E-state index contributed by atoms with van der Waals surface area (Å²) in [4.78, 5) is 14.3. The second kappa shape index (κ2) is 8.85. The molecule has 0 saturated carbocycles. The van der Waals surface area contributed by atoms with Crippen molar-refractivity contribution in [3.63, 3.8) is 0 Å². The van der Waals surface area contributed by atoms with Crippen LogP contribution in [0.5, 0.6) is 0 Å². The van der Waals surface area contributed by atoms with Gasteiger partial charge in [-0.3, -0.25) is 4.79 Å². The first-order valence-corrected chi connectivity index (χ1v) is 5.03. The number of alkyl halides is 2. The van der Waals surface area contributed by atoms with Gasteiger partial charge in [0.25, 0.3) is 5.91 Å². The van der Waals surface area contributed by atoms with Gasteiger partial charge in [0.05, 0.1) is 10.5 Å². The number of carbonyl (C=O) groups is 1. The third-order valence-corrected chi connectivity index (χ3v) is 1.26. The van der Waals surface area contributed by atoms with Gasteiger partial charge in [-0.1, -0.05) is 18.2 Å². The molecule has 5 heteroatoms. The first-order chi connectivity index (χ1) is 6.76. The van der Waals surface area contributed by atoms with Crippen LogP contribution in [-0.4, -0.2) is 16.4 Å². The number of isothiocyanates is 1. The Hall–Kier alpha value is -0.730. The molecule has 0 aliphatic heterocycles. The van der Waals surface area contributed by atoms with Crippen LogP contribution in [-0.2, 0) is 0 Å². The van der Waals surface area contributed by atoms with Crippen molar-refractivity contribution in [1.29, 1.82) is 0 Å². The van der Waals surface area contributed by atoms with E-state index in [0.29, 0.717) is 5.56 Å². The number of aliphatic imine (C=N–C) groups is 1. The average molecular weight is 248 g/mol. The van der Waals surface area contributed by atoms with Gasteiger partial charge in [-0.15, -0.1) is 23.2 Å². The molecule has 0 N–H and O–H groups in total. The average Bonchev–Trinajstić information content (AvgIpc) is 2.21. The summed E-state index contributed by atoms with van der Waals surface area (Å²) in [6.45, 7) is 0. The molecule has 2 nitrogen and oxygen atoms in total. The van der Waals surface area contributed by atoms with E-state index in [-0.39, 0.29) is 11.2 Å². The lowest BCUT2D eigenvalue weighted by molar-refractivity contribution is 0.100. The van der Waals surface area contributed by atoms with E-state index in [9.17, 15) is 4.79 Å². The molecule has 0 aliphatic carbocycles. The van der Waals surface area contributed by atoms with E-state index in [1.54, 1.807) is 24.3 Å². The first-order valence-electron chi connectivity index (χ1n) is 3.55. The van der Waals surface area contributed by atoms with Crippen LogP contribution in [0.25, 0.3) is 0 Å². The van der Waals surface area contributed by atoms with Crippen molar-refractivity contribution < 1.29 is 4.79 Å². The highest BCUT2D eigenvalue weighted by molar-refractivity contribution is 7.78. The van der Waals surface area contributed by atoms with Crippen LogP contribution in [0.15, 0.2) is 35.3 Å². The van der Waals surface area contributed by atoms with Crippen LogP contribution in [0, 0.1) is 0 Å². The second-order valence-electron chi connectivity index (χ2n) is 1.98. The van der Waals surface area contributed by atoms with Gasteiger partial charge in [-0.2, -0.15) is 4.99 Å². The Labute approximate surface area is 97.6 Å². The number of thiocarbonyl (C=S) groups is 1. The minimum Gasteiger partial charge on any atom is -0.266 e. The van der Waals surface area contributed by atoms with E-state index >= 15 is 0 Å². The third-order valence-electron chi connectivity index (χ3n) is 1.17. The molecule has 0 unspecified atom stereocenters. The van der Waals surface area contributed by atoms with Crippen LogP contribution < -0.4 is 0 Å². The van der Waals surface area contributed by atoms with E-state index < -0.39 is 0 Å². The molecule has 14 heavy (non-hydrogen) atoms. The van der Waals surface area contributed by atoms with E-state index in [4.69, 9.17) is 23.2 Å². The molecule has 0 saturated heterocycles. The Morgan fingerprint density at radius 1 is 1.36 bits per heavy atom. The summed E-state index contributed by atoms with van der Waals surface area (Å²) < 4.78 is 0. The predicted octanol–water partition coefficient (Wildman–Crippen LogP) is 3.35. The highest BCUT2D eigenvalue weighted by Gasteiger charge is 1.99. The normalized spacial score (nSPS) is 7.86. The van der Waals surface area contributed by atoms with Crippen molar-refractivity contribution >= 4 is 46.5 Å². The van der Waals surface area contributed by atoms with E-state index in [1.807, 2.05) is 11.2 Å². The second-order valence-corrected chi connectivity index (χ2v) is 2.97. The number of hydrogen-bond acceptors (Lipinski definition) is 2. The van der Waals surface area contributed by atoms with Crippen molar-refractivity contribution in [2.75, 3.05) is 5.34 Å². The molecule has 1 aromatic rings. The van der Waals surface area contributed by atoms with E-state index in [0.717, 1.165) is 0 Å². The molecule has 1 rings (SSSR count). The largest absolute Gasteiger partial charge is 0.285 e. The summed E-state index contributed by atoms with van der Waals surface area (Å²) in [5.74, 6) is -0.347. The maximum atomic E-state index is 10.9. The third kappa shape index (κ3) is 5.84. The van der Waals surface area contributed by atoms with Crippen LogP contribution in [0.3, 0.4) is 0 Å². The minimum atomic E-state index is -0.347. The topological polar surface area (TPSA) is 29.4 Å². The number of benzene rings is 1. The van der Waals surface area contributed by atoms with Crippen molar-refractivity contribution in [3.8, 4) is 0 Å². The van der Waals surface area contributed by atoms with Crippen molar-refractivity contribution in [2.24, 2.45) is 4.99 Å². The van der Waals surface area contributed by atoms with Gasteiger partial charge < -0.3 is 0 Å². The quantitative estimate of drug-likeness (QED) is 0.433. The zero-order valence-corrected chi connectivity index (χ0v) is 9.44. The van der Waals surface area contributed by atoms with Gasteiger partial charge in [0.1, 0.15) is 0 Å². The number of amides is 1. The molecule has 0 aromatic heterocycles. The molecule has 0 aliphatic rings. The number of halogens is 2. The molecular formula is C9H7Cl2NOS. The van der Waals surface area contributed by atoms with Crippen molar-refractivity contribution in [2.45, 2.75) is 0 Å². The van der Waals surface area contributed by atoms with Gasteiger partial charge in [0.2, 0.25) is 0 Å². The van der Waals surface area contributed by atoms with Gasteiger partial charge in [-0.25, -0.2) is 0 Å². The molecule has 1 aromatic carbocycles. The van der Waals surface area contributed by atoms with Gasteiger partial charge in [0.15, 0.2) is 0 Å². The maximum Gasteiger partial charge on any atom is 0.285 e. The highest BCUT2D eigenvalue weighted by atomic mass is 35.5. The molecule has 0 spiro atoms. The fourth-order valence-corrected chi connectivity index (χ4v) is 0.770. The summed E-state index contributed by atoms with van der Waals surface area (Å²) >= 11 is 13.8. The van der Waals surface area contributed by atoms with Gasteiger partial charge >= 0.3 is 0 Å². The fraction of sp³-hybridized carbons (Fsp3) is 0.111. The van der Waals surface area contributed by atoms with Crippen LogP contribution in [0.4, 0.5) is 0 Å². The lowest BCUT2D eigenvalue weighted by Gasteiger charge is -1.89. The molecule has 0 heterocycles. The summed E-state index contributed by atoms with van der Waals surface area (Å²) in [6.07, 6.45) is 0. The zero-order valence-electron chi connectivity index (χ0n) is 7.11. The number of carbonyl (C=O) groups excluding carboxylic acids is 1. The lowest BCUT2D eigenvalue weighted by atomic mass is 10.2. The molecule has 0 bridgehead atoms. The molecule has 74 valence electrons. The van der Waals surface area contributed by atoms with Gasteiger partial charge in [0, 0.05) is 5.56 Å². The summed E-state index contributed by atoms with van der Waals surface area (Å²) in [7, 11) is 0. The standard InChI is InChI=1S/C8H5NOS.CH2Cl2/c10-8(9-6-11)7-4-2-1-3-5-7;2-1-3/h1-5H;1H2. The van der Waals surface area contributed by atoms with E-state index in [2.05, 4.69) is 17.2 Å². The van der Waals surface area contributed by atoms with E-state index in [1.165, 1.54) is 0 Å². The maximum absolute atomic E-state index is 10.9. The van der Waals surface area contributed by atoms with Crippen molar-refractivity contribution in [3.05, 3.63) is 35.9 Å². The first kappa shape index (κ1) is 13.3. The minimum absolute atomic E-state index is 0.194. The monoisotopic (exact) mass is 247 g/mol. The zero-order chi connectivity index (χ0) is 10.8. The van der Waals surface area contributed by atoms with Crippen LogP contribution in [0.1, 0.15) is 10.4 Å². The predicted molar refractivity (Wildman–Crippen MR) is 62.4 cm³/mol. The SMILES string of the molecule is ClCCl.O=C(N=C=S)c1ccccc1. The molecule has 0 radical (unpaired) electrons. The smallest absolute Gasteiger partial charge is 0.266 e. The summed E-state index contributed by atoms with van der Waals surface area (Å²) in [5.41, 5.74) is 0.532. The number of rotatable bonds is 1. The number of hydrogen-bond donors (Lipinski definition) is 0. The Morgan fingerprint density at radius 3 is 2.29 bits per heavy atom. The highest BCUT2D eigenvalue weighted by Crippen LogP contribution is 1.99.